The highest BCUT2D eigenvalue weighted by Crippen LogP contribution is 2.45. The number of carbonyl (C=O) groups excluding carboxylic acids is 2. The molecular formula is C26H20N2O6. The number of Topliss-reactive ketones (excluding diaryl/α,β-unsaturated/α-hetero) is 1. The van der Waals surface area contributed by atoms with Gasteiger partial charge in [0, 0.05) is 29.7 Å². The molecule has 3 aromatic rings. The number of rotatable bonds is 3. The Bertz CT molecular complexity index is 1350. The van der Waals surface area contributed by atoms with Crippen LogP contribution in [-0.2, 0) is 16.0 Å². The van der Waals surface area contributed by atoms with Gasteiger partial charge >= 0.3 is 0 Å². The highest BCUT2D eigenvalue weighted by atomic mass is 16.7. The van der Waals surface area contributed by atoms with Crippen molar-refractivity contribution in [2.75, 3.05) is 18.3 Å². The predicted molar refractivity (Wildman–Crippen MR) is 122 cm³/mol. The van der Waals surface area contributed by atoms with Gasteiger partial charge < -0.3 is 19.3 Å². The Kier molecular flexibility index (Phi) is 4.72. The van der Waals surface area contributed by atoms with Crippen molar-refractivity contribution in [3.63, 3.8) is 0 Å². The Morgan fingerprint density at radius 2 is 1.74 bits per heavy atom. The molecule has 1 atom stereocenters. The zero-order valence-electron chi connectivity index (χ0n) is 18.1. The van der Waals surface area contributed by atoms with E-state index in [0.29, 0.717) is 34.9 Å². The van der Waals surface area contributed by atoms with E-state index in [0.717, 1.165) is 24.2 Å². The predicted octanol–water partition coefficient (Wildman–Crippen LogP) is 3.76. The van der Waals surface area contributed by atoms with Crippen LogP contribution in [-0.4, -0.2) is 35.2 Å². The highest BCUT2D eigenvalue weighted by Gasteiger charge is 2.47. The van der Waals surface area contributed by atoms with Crippen molar-refractivity contribution in [3.05, 3.63) is 83.2 Å². The molecule has 8 nitrogen and oxygen atoms in total. The molecule has 4 heterocycles. The van der Waals surface area contributed by atoms with Crippen LogP contribution < -0.4 is 19.1 Å². The van der Waals surface area contributed by atoms with Gasteiger partial charge in [0.15, 0.2) is 11.5 Å². The molecule has 2 aromatic carbocycles. The maximum absolute atomic E-state index is 13.3. The van der Waals surface area contributed by atoms with Gasteiger partial charge in [0.25, 0.3) is 11.7 Å². The van der Waals surface area contributed by atoms with E-state index < -0.39 is 17.7 Å². The first-order valence-electron chi connectivity index (χ1n) is 11.0. The first kappa shape index (κ1) is 20.3. The van der Waals surface area contributed by atoms with Crippen LogP contribution in [0.2, 0.25) is 0 Å². The first-order valence-corrected chi connectivity index (χ1v) is 11.0. The molecule has 1 aromatic heterocycles. The maximum atomic E-state index is 13.3. The zero-order chi connectivity index (χ0) is 23.2. The second-order valence-corrected chi connectivity index (χ2v) is 8.26. The Morgan fingerprint density at radius 1 is 0.941 bits per heavy atom. The number of ether oxygens (including phenoxy) is 3. The Hall–Kier alpha value is -4.33. The van der Waals surface area contributed by atoms with E-state index in [-0.39, 0.29) is 18.1 Å². The monoisotopic (exact) mass is 456 g/mol. The molecule has 1 amide bonds. The SMILES string of the molecule is O=C1C(=O)N(c2ccc3c(c2)OCO3)C(c2ccncc2)/C1=C(/O)c1ccc2c(c1)CCCO2. The topological polar surface area (TPSA) is 98.2 Å². The molecule has 34 heavy (non-hydrogen) atoms. The standard InChI is InChI=1S/C26H20N2O6/c29-24(17-3-5-19-16(12-17)2-1-11-32-19)22-23(15-7-9-27-10-8-15)28(26(31)25(22)30)18-4-6-20-21(13-18)34-14-33-20/h3-10,12-13,23,29H,1-2,11,14H2/b24-22-. The number of aliphatic hydroxyl groups excluding tert-OH is 1. The summed E-state index contributed by atoms with van der Waals surface area (Å²) < 4.78 is 16.5. The van der Waals surface area contributed by atoms with E-state index in [1.807, 2.05) is 6.07 Å². The quantitative estimate of drug-likeness (QED) is 0.364. The highest BCUT2D eigenvalue weighted by molar-refractivity contribution is 6.51. The van der Waals surface area contributed by atoms with Gasteiger partial charge in [0.2, 0.25) is 6.79 Å². The lowest BCUT2D eigenvalue weighted by Gasteiger charge is -2.25. The molecule has 0 saturated carbocycles. The number of aliphatic hydroxyl groups is 1. The lowest BCUT2D eigenvalue weighted by Crippen LogP contribution is -2.29. The van der Waals surface area contributed by atoms with E-state index in [1.54, 1.807) is 54.9 Å². The smallest absolute Gasteiger partial charge is 0.300 e. The van der Waals surface area contributed by atoms with Crippen molar-refractivity contribution < 1.29 is 28.9 Å². The average Bonchev–Trinajstić information content (AvgIpc) is 3.45. The average molecular weight is 456 g/mol. The van der Waals surface area contributed by atoms with Crippen molar-refractivity contribution in [2.24, 2.45) is 0 Å². The number of fused-ring (bicyclic) bond motifs is 2. The minimum Gasteiger partial charge on any atom is -0.507 e. The molecule has 0 radical (unpaired) electrons. The van der Waals surface area contributed by atoms with Gasteiger partial charge in [-0.05, 0) is 66.4 Å². The molecule has 0 bridgehead atoms. The van der Waals surface area contributed by atoms with Gasteiger partial charge in [-0.25, -0.2) is 0 Å². The van der Waals surface area contributed by atoms with Gasteiger partial charge in [-0.3, -0.25) is 19.5 Å². The number of hydrogen-bond acceptors (Lipinski definition) is 7. The number of anilines is 1. The van der Waals surface area contributed by atoms with Gasteiger partial charge in [0.1, 0.15) is 11.5 Å². The van der Waals surface area contributed by atoms with E-state index in [2.05, 4.69) is 4.98 Å². The van der Waals surface area contributed by atoms with Gasteiger partial charge in [-0.2, -0.15) is 0 Å². The van der Waals surface area contributed by atoms with Crippen LogP contribution >= 0.6 is 0 Å². The molecule has 0 spiro atoms. The van der Waals surface area contributed by atoms with Gasteiger partial charge in [0.05, 0.1) is 18.2 Å². The number of pyridine rings is 1. The number of carbonyl (C=O) groups is 2. The third kappa shape index (κ3) is 3.18. The number of aromatic nitrogens is 1. The maximum Gasteiger partial charge on any atom is 0.300 e. The van der Waals surface area contributed by atoms with Crippen LogP contribution in [0.5, 0.6) is 17.2 Å². The number of benzene rings is 2. The molecule has 8 heteroatoms. The van der Waals surface area contributed by atoms with Crippen LogP contribution in [0.25, 0.3) is 5.76 Å². The number of amides is 1. The summed E-state index contributed by atoms with van der Waals surface area (Å²) in [5.41, 5.74) is 2.55. The van der Waals surface area contributed by atoms with Crippen LogP contribution in [0.4, 0.5) is 5.69 Å². The zero-order valence-corrected chi connectivity index (χ0v) is 18.1. The lowest BCUT2D eigenvalue weighted by molar-refractivity contribution is -0.132. The van der Waals surface area contributed by atoms with E-state index in [1.165, 1.54) is 4.90 Å². The van der Waals surface area contributed by atoms with Crippen molar-refractivity contribution in [3.8, 4) is 17.2 Å². The summed E-state index contributed by atoms with van der Waals surface area (Å²) in [6.45, 7) is 0.744. The molecule has 1 saturated heterocycles. The minimum absolute atomic E-state index is 0.0190. The third-order valence-electron chi connectivity index (χ3n) is 6.28. The van der Waals surface area contributed by atoms with Crippen LogP contribution in [0, 0.1) is 0 Å². The van der Waals surface area contributed by atoms with Crippen LogP contribution in [0.1, 0.15) is 29.2 Å². The fraction of sp³-hybridized carbons (Fsp3) is 0.192. The summed E-state index contributed by atoms with van der Waals surface area (Å²) in [6.07, 6.45) is 4.87. The van der Waals surface area contributed by atoms with E-state index >= 15 is 0 Å². The molecule has 6 rings (SSSR count). The minimum atomic E-state index is -0.837. The fourth-order valence-corrected chi connectivity index (χ4v) is 4.66. The molecule has 1 N–H and O–H groups in total. The Labute approximate surface area is 195 Å². The normalized spacial score (nSPS) is 20.2. The van der Waals surface area contributed by atoms with E-state index in [9.17, 15) is 14.7 Å². The molecule has 1 unspecified atom stereocenters. The second-order valence-electron chi connectivity index (χ2n) is 8.26. The summed E-state index contributed by atoms with van der Waals surface area (Å²) in [7, 11) is 0. The molecule has 170 valence electrons. The number of aryl methyl sites for hydroxylation is 1. The second kappa shape index (κ2) is 7.91. The summed E-state index contributed by atoms with van der Waals surface area (Å²) >= 11 is 0. The summed E-state index contributed by atoms with van der Waals surface area (Å²) in [5, 5.41) is 11.3. The third-order valence-corrected chi connectivity index (χ3v) is 6.28. The number of nitrogens with zero attached hydrogens (tertiary/aromatic N) is 2. The fourth-order valence-electron chi connectivity index (χ4n) is 4.66. The van der Waals surface area contributed by atoms with Gasteiger partial charge in [-0.15, -0.1) is 0 Å². The van der Waals surface area contributed by atoms with E-state index in [4.69, 9.17) is 14.2 Å². The summed E-state index contributed by atoms with van der Waals surface area (Å²) in [4.78, 5) is 32.0. The molecule has 3 aliphatic rings. The molecular weight excluding hydrogens is 436 g/mol. The van der Waals surface area contributed by atoms with Crippen molar-refractivity contribution in [2.45, 2.75) is 18.9 Å². The van der Waals surface area contributed by atoms with Crippen LogP contribution in [0.3, 0.4) is 0 Å². The molecule has 0 aliphatic carbocycles. The lowest BCUT2D eigenvalue weighted by atomic mass is 9.94. The molecule has 1 fully saturated rings. The Balaban J connectivity index is 1.51. The van der Waals surface area contributed by atoms with Crippen molar-refractivity contribution in [1.82, 2.24) is 4.98 Å². The summed E-state index contributed by atoms with van der Waals surface area (Å²) in [6, 6.07) is 13.0. The molecule has 3 aliphatic heterocycles. The Morgan fingerprint density at radius 3 is 2.59 bits per heavy atom. The largest absolute Gasteiger partial charge is 0.507 e. The number of hydrogen-bond donors (Lipinski definition) is 1. The van der Waals surface area contributed by atoms with Gasteiger partial charge in [-0.1, -0.05) is 0 Å². The first-order chi connectivity index (χ1) is 16.6. The van der Waals surface area contributed by atoms with Crippen LogP contribution in [0.15, 0.2) is 66.5 Å². The van der Waals surface area contributed by atoms with Crippen molar-refractivity contribution >= 4 is 23.1 Å². The van der Waals surface area contributed by atoms with Crippen molar-refractivity contribution in [1.29, 1.82) is 0 Å². The number of ketones is 1. The summed E-state index contributed by atoms with van der Waals surface area (Å²) in [5.74, 6) is 0.111.